The standard InChI is InChI=1S/C19H15ClN4O3/c1-11-18(12(2)27-22-11)14-7-16-19(17(8-14)24(25)26)21-10-23(16)9-13-3-5-15(20)6-4-13/h3-8,10H,9H2,1-2H3. The number of hydrogen-bond donors (Lipinski definition) is 0. The van der Waals surface area contributed by atoms with Crippen LogP contribution in [0.25, 0.3) is 22.2 Å². The highest BCUT2D eigenvalue weighted by Crippen LogP contribution is 2.34. The van der Waals surface area contributed by atoms with Crippen LogP contribution in [0.5, 0.6) is 0 Å². The number of halogens is 1. The lowest BCUT2D eigenvalue weighted by atomic mass is 10.0. The van der Waals surface area contributed by atoms with Crippen molar-refractivity contribution in [1.82, 2.24) is 14.7 Å². The van der Waals surface area contributed by atoms with Crippen molar-refractivity contribution in [3.05, 3.63) is 74.9 Å². The summed E-state index contributed by atoms with van der Waals surface area (Å²) in [5, 5.41) is 16.2. The molecule has 0 bridgehead atoms. The first-order chi connectivity index (χ1) is 12.9. The van der Waals surface area contributed by atoms with Gasteiger partial charge in [-0.1, -0.05) is 28.9 Å². The second kappa shape index (κ2) is 6.51. The van der Waals surface area contributed by atoms with Crippen LogP contribution in [0.2, 0.25) is 5.02 Å². The number of imidazole rings is 1. The van der Waals surface area contributed by atoms with Crippen molar-refractivity contribution >= 4 is 28.3 Å². The number of rotatable bonds is 4. The van der Waals surface area contributed by atoms with E-state index >= 15 is 0 Å². The molecule has 4 rings (SSSR count). The predicted octanol–water partition coefficient (Wildman–Crippen LogP) is 4.92. The van der Waals surface area contributed by atoms with Crippen LogP contribution >= 0.6 is 11.6 Å². The Morgan fingerprint density at radius 2 is 1.96 bits per heavy atom. The molecule has 2 aromatic carbocycles. The summed E-state index contributed by atoms with van der Waals surface area (Å²) in [4.78, 5) is 15.5. The fourth-order valence-electron chi connectivity index (χ4n) is 3.24. The van der Waals surface area contributed by atoms with Gasteiger partial charge < -0.3 is 9.09 Å². The van der Waals surface area contributed by atoms with E-state index < -0.39 is 4.92 Å². The molecule has 0 radical (unpaired) electrons. The third kappa shape index (κ3) is 3.06. The first-order valence-corrected chi connectivity index (χ1v) is 8.63. The minimum absolute atomic E-state index is 0.0441. The van der Waals surface area contributed by atoms with Crippen molar-refractivity contribution in [3.63, 3.8) is 0 Å². The number of nitro groups is 1. The summed E-state index contributed by atoms with van der Waals surface area (Å²) in [6, 6.07) is 10.9. The normalized spacial score (nSPS) is 11.2. The van der Waals surface area contributed by atoms with Gasteiger partial charge in [-0.25, -0.2) is 4.98 Å². The minimum atomic E-state index is -0.413. The summed E-state index contributed by atoms with van der Waals surface area (Å²) in [5.41, 5.74) is 4.13. The molecule has 2 aromatic heterocycles. The number of fused-ring (bicyclic) bond motifs is 1. The lowest BCUT2D eigenvalue weighted by Gasteiger charge is -2.07. The van der Waals surface area contributed by atoms with E-state index in [2.05, 4.69) is 10.1 Å². The number of nitro benzene ring substituents is 1. The number of aryl methyl sites for hydroxylation is 2. The van der Waals surface area contributed by atoms with Crippen molar-refractivity contribution in [2.75, 3.05) is 0 Å². The molecule has 0 fully saturated rings. The first kappa shape index (κ1) is 17.2. The van der Waals surface area contributed by atoms with E-state index in [9.17, 15) is 10.1 Å². The van der Waals surface area contributed by atoms with Crippen LogP contribution in [0.3, 0.4) is 0 Å². The van der Waals surface area contributed by atoms with Gasteiger partial charge in [0.15, 0.2) is 5.52 Å². The maximum absolute atomic E-state index is 11.6. The zero-order valence-corrected chi connectivity index (χ0v) is 15.4. The Kier molecular flexibility index (Phi) is 4.16. The molecule has 0 amide bonds. The molecular weight excluding hydrogens is 368 g/mol. The number of aromatic nitrogens is 3. The van der Waals surface area contributed by atoms with E-state index in [1.54, 1.807) is 13.3 Å². The lowest BCUT2D eigenvalue weighted by molar-refractivity contribution is -0.383. The maximum atomic E-state index is 11.6. The van der Waals surface area contributed by atoms with Gasteiger partial charge in [-0.15, -0.1) is 0 Å². The first-order valence-electron chi connectivity index (χ1n) is 8.25. The van der Waals surface area contributed by atoms with Crippen molar-refractivity contribution in [1.29, 1.82) is 0 Å². The molecule has 0 atom stereocenters. The molecule has 0 unspecified atom stereocenters. The predicted molar refractivity (Wildman–Crippen MR) is 102 cm³/mol. The molecule has 8 heteroatoms. The van der Waals surface area contributed by atoms with Crippen LogP contribution in [0.1, 0.15) is 17.0 Å². The van der Waals surface area contributed by atoms with Crippen molar-refractivity contribution in [2.24, 2.45) is 0 Å². The molecular formula is C19H15ClN4O3. The van der Waals surface area contributed by atoms with Crippen LogP contribution in [0.15, 0.2) is 47.2 Å². The van der Waals surface area contributed by atoms with Gasteiger partial charge in [0.05, 0.1) is 22.5 Å². The Bertz CT molecular complexity index is 1140. The molecule has 136 valence electrons. The van der Waals surface area contributed by atoms with Gasteiger partial charge in [-0.05, 0) is 43.2 Å². The highest BCUT2D eigenvalue weighted by molar-refractivity contribution is 6.30. The lowest BCUT2D eigenvalue weighted by Crippen LogP contribution is -1.99. The van der Waals surface area contributed by atoms with Crippen molar-refractivity contribution < 1.29 is 9.45 Å². The molecule has 4 aromatic rings. The molecule has 0 saturated heterocycles. The van der Waals surface area contributed by atoms with Crippen LogP contribution < -0.4 is 0 Å². The second-order valence-electron chi connectivity index (χ2n) is 6.32. The average Bonchev–Trinajstić information content (AvgIpc) is 3.19. The number of benzene rings is 2. The summed E-state index contributed by atoms with van der Waals surface area (Å²) in [5.74, 6) is 0.616. The SMILES string of the molecule is Cc1noc(C)c1-c1cc([N+](=O)[O-])c2ncn(Cc3ccc(Cl)cc3)c2c1. The molecule has 0 saturated carbocycles. The number of non-ortho nitro benzene ring substituents is 1. The summed E-state index contributed by atoms with van der Waals surface area (Å²) in [6.07, 6.45) is 1.61. The Labute approximate surface area is 159 Å². The van der Waals surface area contributed by atoms with E-state index in [0.717, 1.165) is 11.1 Å². The van der Waals surface area contributed by atoms with Crippen LogP contribution in [0.4, 0.5) is 5.69 Å². The fourth-order valence-corrected chi connectivity index (χ4v) is 3.36. The molecule has 2 heterocycles. The fraction of sp³-hybridized carbons (Fsp3) is 0.158. The van der Waals surface area contributed by atoms with E-state index in [1.165, 1.54) is 6.07 Å². The highest BCUT2D eigenvalue weighted by Gasteiger charge is 2.22. The van der Waals surface area contributed by atoms with Crippen LogP contribution in [-0.2, 0) is 6.54 Å². The number of hydrogen-bond acceptors (Lipinski definition) is 5. The monoisotopic (exact) mass is 382 g/mol. The molecule has 0 aliphatic carbocycles. The molecule has 0 N–H and O–H groups in total. The molecule has 0 spiro atoms. The molecule has 0 aliphatic rings. The summed E-state index contributed by atoms with van der Waals surface area (Å²) in [6.45, 7) is 4.12. The average molecular weight is 383 g/mol. The van der Waals surface area contributed by atoms with Crippen LogP contribution in [-0.4, -0.2) is 19.6 Å². The van der Waals surface area contributed by atoms with Gasteiger partial charge in [0.1, 0.15) is 5.76 Å². The summed E-state index contributed by atoms with van der Waals surface area (Å²) >= 11 is 5.94. The van der Waals surface area contributed by atoms with E-state index in [0.29, 0.717) is 39.6 Å². The highest BCUT2D eigenvalue weighted by atomic mass is 35.5. The third-order valence-electron chi connectivity index (χ3n) is 4.49. The van der Waals surface area contributed by atoms with Gasteiger partial charge in [-0.3, -0.25) is 10.1 Å². The summed E-state index contributed by atoms with van der Waals surface area (Å²) < 4.78 is 7.11. The largest absolute Gasteiger partial charge is 0.361 e. The second-order valence-corrected chi connectivity index (χ2v) is 6.75. The van der Waals surface area contributed by atoms with Crippen molar-refractivity contribution in [2.45, 2.75) is 20.4 Å². The van der Waals surface area contributed by atoms with E-state index in [4.69, 9.17) is 16.1 Å². The Balaban J connectivity index is 1.89. The maximum Gasteiger partial charge on any atom is 0.297 e. The summed E-state index contributed by atoms with van der Waals surface area (Å²) in [7, 11) is 0. The van der Waals surface area contributed by atoms with Gasteiger partial charge in [0, 0.05) is 23.2 Å². The van der Waals surface area contributed by atoms with E-state index in [1.807, 2.05) is 41.8 Å². The van der Waals surface area contributed by atoms with Gasteiger partial charge >= 0.3 is 0 Å². The van der Waals surface area contributed by atoms with Crippen molar-refractivity contribution in [3.8, 4) is 11.1 Å². The topological polar surface area (TPSA) is 87.0 Å². The smallest absolute Gasteiger partial charge is 0.297 e. The zero-order chi connectivity index (χ0) is 19.1. The van der Waals surface area contributed by atoms with E-state index in [-0.39, 0.29) is 5.69 Å². The van der Waals surface area contributed by atoms with Crippen LogP contribution in [0, 0.1) is 24.0 Å². The third-order valence-corrected chi connectivity index (χ3v) is 4.74. The Hall–Kier alpha value is -3.19. The zero-order valence-electron chi connectivity index (χ0n) is 14.6. The van der Waals surface area contributed by atoms with Gasteiger partial charge in [0.2, 0.25) is 0 Å². The molecule has 7 nitrogen and oxygen atoms in total. The quantitative estimate of drug-likeness (QED) is 0.369. The Morgan fingerprint density at radius 1 is 1.22 bits per heavy atom. The van der Waals surface area contributed by atoms with Gasteiger partial charge in [0.25, 0.3) is 5.69 Å². The Morgan fingerprint density at radius 3 is 2.59 bits per heavy atom. The van der Waals surface area contributed by atoms with Gasteiger partial charge in [-0.2, -0.15) is 0 Å². The molecule has 27 heavy (non-hydrogen) atoms. The minimum Gasteiger partial charge on any atom is -0.361 e. The molecule has 0 aliphatic heterocycles. The number of nitrogens with zero attached hydrogens (tertiary/aromatic N) is 4.